The van der Waals surface area contributed by atoms with Gasteiger partial charge in [-0.25, -0.2) is 0 Å². The lowest BCUT2D eigenvalue weighted by molar-refractivity contribution is -0.394. The van der Waals surface area contributed by atoms with Crippen molar-refractivity contribution in [1.82, 2.24) is 0 Å². The smallest absolute Gasteiger partial charge is 0.383 e. The van der Waals surface area contributed by atoms with E-state index in [2.05, 4.69) is 5.32 Å². The molecular weight excluding hydrogens is 699 g/mol. The summed E-state index contributed by atoms with van der Waals surface area (Å²) in [6, 6.07) is 6.77. The van der Waals surface area contributed by atoms with Crippen molar-refractivity contribution in [2.45, 2.75) is 64.3 Å². The summed E-state index contributed by atoms with van der Waals surface area (Å²) in [5, 5.41) is 46.1. The molecule has 1 amide bonds. The number of benzene rings is 2. The number of carbonyl (C=O) groups excluding carboxylic acids is 2. The van der Waals surface area contributed by atoms with Crippen LogP contribution in [-0.2, 0) is 23.5 Å². The summed E-state index contributed by atoms with van der Waals surface area (Å²) >= 11 is 13.7. The number of primary amides is 1. The first-order valence-corrected chi connectivity index (χ1v) is 18.3. The number of nitro groups is 2. The van der Waals surface area contributed by atoms with E-state index in [1.165, 1.54) is 0 Å². The van der Waals surface area contributed by atoms with Gasteiger partial charge in [0, 0.05) is 61.6 Å². The van der Waals surface area contributed by atoms with E-state index in [4.69, 9.17) is 42.2 Å². The van der Waals surface area contributed by atoms with Gasteiger partial charge < -0.3 is 24.3 Å². The van der Waals surface area contributed by atoms with E-state index in [9.17, 15) is 40.3 Å². The van der Waals surface area contributed by atoms with Crippen molar-refractivity contribution in [3.63, 3.8) is 0 Å². The molecule has 0 saturated heterocycles. The highest BCUT2D eigenvalue weighted by Crippen LogP contribution is 2.52. The summed E-state index contributed by atoms with van der Waals surface area (Å²) in [6.07, 6.45) is 1.16. The maximum absolute atomic E-state index is 14.2. The Kier molecular flexibility index (Phi) is 13.6. The van der Waals surface area contributed by atoms with Crippen LogP contribution in [0.1, 0.15) is 79.9 Å². The molecule has 18 heteroatoms. The zero-order valence-electron chi connectivity index (χ0n) is 27.2. The van der Waals surface area contributed by atoms with Gasteiger partial charge in [-0.2, -0.15) is 10.5 Å². The number of hydrogen-bond acceptors (Lipinski definition) is 12. The van der Waals surface area contributed by atoms with Crippen LogP contribution in [0.15, 0.2) is 18.2 Å². The van der Waals surface area contributed by atoms with Crippen molar-refractivity contribution >= 4 is 60.8 Å². The Morgan fingerprint density at radius 2 is 1.53 bits per heavy atom. The van der Waals surface area contributed by atoms with Crippen LogP contribution in [0.3, 0.4) is 0 Å². The Balaban J connectivity index is 2.20. The maximum atomic E-state index is 14.2. The van der Waals surface area contributed by atoms with E-state index >= 15 is 0 Å². The Bertz CT molecular complexity index is 1660. The quantitative estimate of drug-likeness (QED) is 0.0608. The molecule has 49 heavy (non-hydrogen) atoms. The van der Waals surface area contributed by atoms with Gasteiger partial charge in [0.15, 0.2) is 5.78 Å². The number of nitrogens with two attached hydrogens (primary N) is 1. The van der Waals surface area contributed by atoms with E-state index in [0.29, 0.717) is 51.2 Å². The average Bonchev–Trinajstić information content (AvgIpc) is 3.07. The van der Waals surface area contributed by atoms with Crippen LogP contribution in [0.2, 0.25) is 16.1 Å². The molecule has 1 fully saturated rings. The van der Waals surface area contributed by atoms with Crippen molar-refractivity contribution in [1.29, 1.82) is 10.5 Å². The third kappa shape index (κ3) is 8.02. The second-order valence-corrected chi connectivity index (χ2v) is 14.6. The molecule has 1 saturated carbocycles. The topological polar surface area (TPSA) is 234 Å². The monoisotopic (exact) mass is 734 g/mol. The predicted octanol–water partition coefficient (Wildman–Crippen LogP) is 6.20. The molecule has 262 valence electrons. The SMILES string of the molecule is CCO[Si](CCCNc1c(Cl)c(C2(C(N)=O)CCCCC2C(=O)c2cc([N+](=O)[O-])cc([N+](=O)[O-])c2)c(C#N)c(Cl)c1C#N)(OCC)OCC. The molecule has 0 aromatic heterocycles. The number of Topliss-reactive ketones (excluding diaryl/α,β-unsaturated/α-hetero) is 1. The number of carbonyl (C=O) groups is 2. The maximum Gasteiger partial charge on any atom is 0.500 e. The van der Waals surface area contributed by atoms with Crippen LogP contribution >= 0.6 is 23.2 Å². The van der Waals surface area contributed by atoms with Gasteiger partial charge >= 0.3 is 8.80 Å². The molecule has 15 nitrogen and oxygen atoms in total. The van der Waals surface area contributed by atoms with Crippen molar-refractivity contribution in [2.75, 3.05) is 31.7 Å². The second-order valence-electron chi connectivity index (χ2n) is 11.1. The minimum atomic E-state index is -3.03. The Morgan fingerprint density at radius 1 is 0.980 bits per heavy atom. The number of nitrogens with one attached hydrogen (secondary N) is 1. The first-order valence-electron chi connectivity index (χ1n) is 15.6. The second kappa shape index (κ2) is 17.0. The minimum Gasteiger partial charge on any atom is -0.383 e. The zero-order chi connectivity index (χ0) is 36.5. The molecule has 3 N–H and O–H groups in total. The molecule has 0 heterocycles. The molecule has 2 atom stereocenters. The van der Waals surface area contributed by atoms with Crippen LogP contribution in [0.5, 0.6) is 0 Å². The summed E-state index contributed by atoms with van der Waals surface area (Å²) in [6.45, 7) is 6.80. The Labute approximate surface area is 293 Å². The molecule has 2 aromatic carbocycles. The molecule has 0 bridgehead atoms. The van der Waals surface area contributed by atoms with Crippen LogP contribution in [0.4, 0.5) is 17.1 Å². The lowest BCUT2D eigenvalue weighted by Crippen LogP contribution is -2.52. The van der Waals surface area contributed by atoms with E-state index < -0.39 is 58.6 Å². The van der Waals surface area contributed by atoms with E-state index in [-0.39, 0.29) is 51.8 Å². The highest BCUT2D eigenvalue weighted by molar-refractivity contribution is 6.60. The fraction of sp³-hybridized carbons (Fsp3) is 0.484. The summed E-state index contributed by atoms with van der Waals surface area (Å²) < 4.78 is 17.7. The van der Waals surface area contributed by atoms with Crippen molar-refractivity contribution in [3.8, 4) is 12.1 Å². The summed E-state index contributed by atoms with van der Waals surface area (Å²) in [7, 11) is -3.03. The molecule has 3 rings (SSSR count). The third-order valence-electron chi connectivity index (χ3n) is 8.38. The highest BCUT2D eigenvalue weighted by Gasteiger charge is 2.54. The molecule has 1 aliphatic rings. The van der Waals surface area contributed by atoms with Crippen molar-refractivity contribution in [2.24, 2.45) is 11.7 Å². The molecule has 0 spiro atoms. The number of non-ortho nitro benzene ring substituents is 2. The first-order chi connectivity index (χ1) is 23.3. The number of halogens is 2. The van der Waals surface area contributed by atoms with Gasteiger partial charge in [-0.1, -0.05) is 36.0 Å². The van der Waals surface area contributed by atoms with Gasteiger partial charge in [-0.3, -0.25) is 29.8 Å². The summed E-state index contributed by atoms with van der Waals surface area (Å²) in [5.74, 6) is -3.22. The highest BCUT2D eigenvalue weighted by atomic mass is 35.5. The van der Waals surface area contributed by atoms with Gasteiger partial charge in [0.05, 0.1) is 48.2 Å². The molecule has 2 aromatic rings. The Morgan fingerprint density at radius 3 is 2.00 bits per heavy atom. The van der Waals surface area contributed by atoms with Crippen molar-refractivity contribution < 1.29 is 32.7 Å². The molecular formula is C31H36Cl2N6O9Si. The minimum absolute atomic E-state index is 0.00282. The van der Waals surface area contributed by atoms with Crippen LogP contribution in [-0.4, -0.2) is 56.7 Å². The van der Waals surface area contributed by atoms with Gasteiger partial charge in [0.25, 0.3) is 11.4 Å². The predicted molar refractivity (Wildman–Crippen MR) is 181 cm³/mol. The fourth-order valence-electron chi connectivity index (χ4n) is 6.40. The summed E-state index contributed by atoms with van der Waals surface area (Å²) in [4.78, 5) is 49.3. The molecule has 2 unspecified atom stereocenters. The number of nitro benzene ring substituents is 2. The van der Waals surface area contributed by atoms with Gasteiger partial charge in [-0.05, 0) is 40.0 Å². The standard InChI is InChI=1S/C31H36Cl2N6O9Si/c1-4-46-49(47-5-2,48-6-3)13-9-12-37-28-23(18-35)26(32)22(17-34)25(27(28)33)31(30(36)41)11-8-7-10-24(31)29(40)19-14-20(38(42)43)16-21(15-19)39(44)45/h14-16,24,37H,4-13H2,1-3H3,(H2,36,41). The lowest BCUT2D eigenvalue weighted by Gasteiger charge is -2.42. The number of amides is 1. The van der Waals surface area contributed by atoms with Crippen LogP contribution < -0.4 is 11.1 Å². The van der Waals surface area contributed by atoms with Crippen LogP contribution in [0, 0.1) is 48.8 Å². The van der Waals surface area contributed by atoms with E-state index in [1.807, 2.05) is 32.9 Å². The lowest BCUT2D eigenvalue weighted by atomic mass is 9.59. The largest absolute Gasteiger partial charge is 0.500 e. The van der Waals surface area contributed by atoms with E-state index in [1.54, 1.807) is 0 Å². The van der Waals surface area contributed by atoms with Crippen LogP contribution in [0.25, 0.3) is 0 Å². The average molecular weight is 736 g/mol. The number of rotatable bonds is 17. The molecule has 0 aliphatic heterocycles. The number of ketones is 1. The normalized spacial score (nSPS) is 17.5. The van der Waals surface area contributed by atoms with E-state index in [0.717, 1.165) is 12.1 Å². The zero-order valence-corrected chi connectivity index (χ0v) is 29.7. The first kappa shape index (κ1) is 39.3. The Hall–Kier alpha value is -4.16. The van der Waals surface area contributed by atoms with Gasteiger partial charge in [-0.15, -0.1) is 0 Å². The fourth-order valence-corrected chi connectivity index (χ4v) is 9.71. The van der Waals surface area contributed by atoms with Crippen molar-refractivity contribution in [3.05, 3.63) is 70.7 Å². The molecule has 0 radical (unpaired) electrons. The third-order valence-corrected chi connectivity index (χ3v) is 12.3. The number of anilines is 1. The number of nitriles is 2. The number of hydrogen-bond donors (Lipinski definition) is 2. The number of nitrogens with zero attached hydrogens (tertiary/aromatic N) is 4. The summed E-state index contributed by atoms with van der Waals surface area (Å²) in [5.41, 5.74) is 1.61. The van der Waals surface area contributed by atoms with Gasteiger partial charge in [0.1, 0.15) is 12.1 Å². The van der Waals surface area contributed by atoms with Gasteiger partial charge in [0.2, 0.25) is 5.91 Å². The molecule has 1 aliphatic carbocycles.